The minimum absolute atomic E-state index is 0.848. The average molecular weight is 272 g/mol. The highest BCUT2D eigenvalue weighted by molar-refractivity contribution is 5.20. The number of benzene rings is 1. The summed E-state index contributed by atoms with van der Waals surface area (Å²) in [6, 6.07) is 11.3. The van der Waals surface area contributed by atoms with Crippen LogP contribution in [0.25, 0.3) is 0 Å². The van der Waals surface area contributed by atoms with E-state index in [1.807, 2.05) is 0 Å². The first-order valence-corrected chi connectivity index (χ1v) is 8.96. The fraction of sp³-hybridized carbons (Fsp3) is 0.700. The van der Waals surface area contributed by atoms with Gasteiger partial charge in [0.05, 0.1) is 0 Å². The summed E-state index contributed by atoms with van der Waals surface area (Å²) >= 11 is 0. The van der Waals surface area contributed by atoms with Crippen LogP contribution in [0.3, 0.4) is 0 Å². The molecule has 0 amide bonds. The van der Waals surface area contributed by atoms with Crippen LogP contribution in [0.5, 0.6) is 0 Å². The summed E-state index contributed by atoms with van der Waals surface area (Å²) in [5, 5.41) is 0. The minimum atomic E-state index is 0.848. The van der Waals surface area contributed by atoms with Crippen molar-refractivity contribution in [3.8, 4) is 0 Å². The molecule has 0 nitrogen and oxygen atoms in total. The van der Waals surface area contributed by atoms with Crippen LogP contribution in [0.4, 0.5) is 0 Å². The Morgan fingerprint density at radius 2 is 1.55 bits per heavy atom. The van der Waals surface area contributed by atoms with Gasteiger partial charge >= 0.3 is 0 Å². The second-order valence-electron chi connectivity index (χ2n) is 6.62. The monoisotopic (exact) mass is 272 g/mol. The van der Waals surface area contributed by atoms with Crippen molar-refractivity contribution in [3.05, 3.63) is 35.9 Å². The SMILES string of the molecule is CCCCCCCCC1CCCCC1c1ccccc1. The van der Waals surface area contributed by atoms with Gasteiger partial charge in [-0.1, -0.05) is 88.6 Å². The van der Waals surface area contributed by atoms with Crippen molar-refractivity contribution in [1.82, 2.24) is 0 Å². The van der Waals surface area contributed by atoms with Crippen molar-refractivity contribution in [2.75, 3.05) is 0 Å². The van der Waals surface area contributed by atoms with Crippen molar-refractivity contribution >= 4 is 0 Å². The third-order valence-electron chi connectivity index (χ3n) is 5.07. The van der Waals surface area contributed by atoms with Gasteiger partial charge in [0, 0.05) is 0 Å². The Bertz CT molecular complexity index is 340. The Morgan fingerprint density at radius 1 is 0.850 bits per heavy atom. The molecule has 0 N–H and O–H groups in total. The van der Waals surface area contributed by atoms with E-state index in [0.29, 0.717) is 0 Å². The Hall–Kier alpha value is -0.780. The van der Waals surface area contributed by atoms with Gasteiger partial charge in [-0.2, -0.15) is 0 Å². The molecule has 1 aromatic rings. The molecule has 0 radical (unpaired) electrons. The maximum absolute atomic E-state index is 2.35. The third kappa shape index (κ3) is 4.96. The van der Waals surface area contributed by atoms with E-state index >= 15 is 0 Å². The molecule has 1 aromatic carbocycles. The Kier molecular flexibility index (Phi) is 7.19. The zero-order chi connectivity index (χ0) is 14.0. The molecular formula is C20H32. The first kappa shape index (κ1) is 15.6. The van der Waals surface area contributed by atoms with E-state index in [1.54, 1.807) is 5.56 Å². The fourth-order valence-electron chi connectivity index (χ4n) is 3.88. The van der Waals surface area contributed by atoms with Crippen LogP contribution >= 0.6 is 0 Å². The predicted octanol–water partition coefficient (Wildman–Crippen LogP) is 6.71. The van der Waals surface area contributed by atoms with Gasteiger partial charge in [0.2, 0.25) is 0 Å². The van der Waals surface area contributed by atoms with Crippen LogP contribution in [0.2, 0.25) is 0 Å². The Balaban J connectivity index is 1.76. The summed E-state index contributed by atoms with van der Waals surface area (Å²) < 4.78 is 0. The number of rotatable bonds is 8. The van der Waals surface area contributed by atoms with Crippen LogP contribution in [-0.2, 0) is 0 Å². The van der Waals surface area contributed by atoms with Gasteiger partial charge in [-0.25, -0.2) is 0 Å². The number of hydrogen-bond donors (Lipinski definition) is 0. The van der Waals surface area contributed by atoms with Crippen LogP contribution in [-0.4, -0.2) is 0 Å². The van der Waals surface area contributed by atoms with E-state index in [1.165, 1.54) is 70.6 Å². The summed E-state index contributed by atoms with van der Waals surface area (Å²) in [6.07, 6.45) is 15.9. The molecule has 0 saturated heterocycles. The molecule has 0 heteroatoms. The summed E-state index contributed by atoms with van der Waals surface area (Å²) in [4.78, 5) is 0. The molecular weight excluding hydrogens is 240 g/mol. The lowest BCUT2D eigenvalue weighted by Crippen LogP contribution is -2.17. The number of hydrogen-bond acceptors (Lipinski definition) is 0. The summed E-state index contributed by atoms with van der Waals surface area (Å²) in [5.74, 6) is 1.80. The summed E-state index contributed by atoms with van der Waals surface area (Å²) in [7, 11) is 0. The molecule has 1 aliphatic rings. The molecule has 0 aliphatic heterocycles. The second kappa shape index (κ2) is 9.21. The van der Waals surface area contributed by atoms with Gasteiger partial charge in [-0.05, 0) is 36.7 Å². The highest BCUT2D eigenvalue weighted by Gasteiger charge is 2.25. The molecule has 2 unspecified atom stereocenters. The van der Waals surface area contributed by atoms with E-state index in [0.717, 1.165) is 11.8 Å². The van der Waals surface area contributed by atoms with Crippen molar-refractivity contribution in [1.29, 1.82) is 0 Å². The van der Waals surface area contributed by atoms with Gasteiger partial charge < -0.3 is 0 Å². The molecule has 0 aromatic heterocycles. The highest BCUT2D eigenvalue weighted by Crippen LogP contribution is 2.40. The molecule has 20 heavy (non-hydrogen) atoms. The van der Waals surface area contributed by atoms with Crippen molar-refractivity contribution in [3.63, 3.8) is 0 Å². The molecule has 112 valence electrons. The molecule has 0 spiro atoms. The maximum atomic E-state index is 2.35. The van der Waals surface area contributed by atoms with Crippen LogP contribution < -0.4 is 0 Å². The highest BCUT2D eigenvalue weighted by atomic mass is 14.3. The van der Waals surface area contributed by atoms with Crippen molar-refractivity contribution in [2.24, 2.45) is 5.92 Å². The van der Waals surface area contributed by atoms with Crippen LogP contribution in [0, 0.1) is 5.92 Å². The predicted molar refractivity (Wildman–Crippen MR) is 89.1 cm³/mol. The molecule has 1 fully saturated rings. The van der Waals surface area contributed by atoms with E-state index in [9.17, 15) is 0 Å². The average Bonchev–Trinajstić information content (AvgIpc) is 2.52. The van der Waals surface area contributed by atoms with Gasteiger partial charge in [0.15, 0.2) is 0 Å². The smallest absolute Gasteiger partial charge is 0.0134 e. The molecule has 2 atom stereocenters. The molecule has 0 bridgehead atoms. The first-order chi connectivity index (χ1) is 9.92. The van der Waals surface area contributed by atoms with Gasteiger partial charge in [-0.3, -0.25) is 0 Å². The van der Waals surface area contributed by atoms with Crippen molar-refractivity contribution in [2.45, 2.75) is 83.5 Å². The van der Waals surface area contributed by atoms with E-state index in [-0.39, 0.29) is 0 Å². The lowest BCUT2D eigenvalue weighted by atomic mass is 9.73. The number of unbranched alkanes of at least 4 members (excludes halogenated alkanes) is 5. The Labute approximate surface area is 126 Å². The Morgan fingerprint density at radius 3 is 2.35 bits per heavy atom. The van der Waals surface area contributed by atoms with Gasteiger partial charge in [-0.15, -0.1) is 0 Å². The van der Waals surface area contributed by atoms with E-state index in [2.05, 4.69) is 37.3 Å². The van der Waals surface area contributed by atoms with Crippen LogP contribution in [0.1, 0.15) is 89.0 Å². The summed E-state index contributed by atoms with van der Waals surface area (Å²) in [5.41, 5.74) is 1.60. The van der Waals surface area contributed by atoms with Crippen molar-refractivity contribution < 1.29 is 0 Å². The first-order valence-electron chi connectivity index (χ1n) is 8.96. The molecule has 1 saturated carbocycles. The van der Waals surface area contributed by atoms with E-state index in [4.69, 9.17) is 0 Å². The topological polar surface area (TPSA) is 0 Å². The standard InChI is InChI=1S/C20H32/c1-2-3-4-5-6-8-13-19-16-11-12-17-20(19)18-14-9-7-10-15-18/h7,9-10,14-15,19-20H,2-6,8,11-13,16-17H2,1H3. The maximum Gasteiger partial charge on any atom is -0.0134 e. The molecule has 0 heterocycles. The summed E-state index contributed by atoms with van der Waals surface area (Å²) in [6.45, 7) is 2.30. The molecule has 2 rings (SSSR count). The zero-order valence-electron chi connectivity index (χ0n) is 13.3. The lowest BCUT2D eigenvalue weighted by Gasteiger charge is -2.32. The fourth-order valence-corrected chi connectivity index (χ4v) is 3.88. The lowest BCUT2D eigenvalue weighted by molar-refractivity contribution is 0.282. The zero-order valence-corrected chi connectivity index (χ0v) is 13.3. The quantitative estimate of drug-likeness (QED) is 0.461. The van der Waals surface area contributed by atoms with E-state index < -0.39 is 0 Å². The largest absolute Gasteiger partial charge is 0.0654 e. The van der Waals surface area contributed by atoms with Gasteiger partial charge in [0.25, 0.3) is 0 Å². The van der Waals surface area contributed by atoms with Crippen LogP contribution in [0.15, 0.2) is 30.3 Å². The van der Waals surface area contributed by atoms with Gasteiger partial charge in [0.1, 0.15) is 0 Å². The second-order valence-corrected chi connectivity index (χ2v) is 6.62. The molecule has 1 aliphatic carbocycles. The third-order valence-corrected chi connectivity index (χ3v) is 5.07. The normalized spacial score (nSPS) is 22.9. The minimum Gasteiger partial charge on any atom is -0.0654 e.